The van der Waals surface area contributed by atoms with Crippen LogP contribution in [0.3, 0.4) is 0 Å². The van der Waals surface area contributed by atoms with E-state index in [0.29, 0.717) is 11.8 Å². The van der Waals surface area contributed by atoms with Gasteiger partial charge in [0, 0.05) is 58.2 Å². The third-order valence-corrected chi connectivity index (χ3v) is 11.6. The topological polar surface area (TPSA) is 43.8 Å². The Labute approximate surface area is 322 Å². The second kappa shape index (κ2) is 13.9. The number of hydrogen-bond acceptors (Lipinski definition) is 2. The molecule has 0 aliphatic heterocycles. The fraction of sp³-hybridized carbons (Fsp3) is 0.0962. The lowest BCUT2D eigenvalue weighted by atomic mass is 9.65. The van der Waals surface area contributed by atoms with E-state index >= 15 is 0 Å². The monoisotopic (exact) mass is 707 g/mol. The minimum atomic E-state index is 0.246. The zero-order chi connectivity index (χ0) is 36.7. The van der Waals surface area contributed by atoms with E-state index in [1.807, 2.05) is 18.5 Å². The summed E-state index contributed by atoms with van der Waals surface area (Å²) in [5, 5.41) is 2.37. The Morgan fingerprint density at radius 2 is 1.56 bits per heavy atom. The lowest BCUT2D eigenvalue weighted by Crippen LogP contribution is -2.25. The highest BCUT2D eigenvalue weighted by Crippen LogP contribution is 2.51. The number of fused-ring (bicyclic) bond motifs is 6. The van der Waals surface area contributed by atoms with Crippen molar-refractivity contribution in [2.24, 2.45) is 23.5 Å². The lowest BCUT2D eigenvalue weighted by Gasteiger charge is -2.38. The summed E-state index contributed by atoms with van der Waals surface area (Å²) in [6.45, 7) is 0. The normalized spacial score (nSPS) is 21.3. The van der Waals surface area contributed by atoms with Crippen LogP contribution in [0.1, 0.15) is 33.7 Å². The summed E-state index contributed by atoms with van der Waals surface area (Å²) in [7, 11) is 0. The van der Waals surface area contributed by atoms with E-state index in [1.165, 1.54) is 49.9 Å². The molecule has 264 valence electrons. The largest absolute Gasteiger partial charge is 0.398 e. The van der Waals surface area contributed by atoms with Crippen molar-refractivity contribution in [1.82, 2.24) is 9.55 Å². The number of rotatable bonds is 7. The van der Waals surface area contributed by atoms with Crippen LogP contribution in [0.25, 0.3) is 38.8 Å². The Kier molecular flexibility index (Phi) is 8.33. The first kappa shape index (κ1) is 32.9. The minimum Gasteiger partial charge on any atom is -0.398 e. The Hall–Kier alpha value is -6.71. The summed E-state index contributed by atoms with van der Waals surface area (Å²) in [6, 6.07) is 37.1. The van der Waals surface area contributed by atoms with Crippen LogP contribution >= 0.6 is 0 Å². The Balaban J connectivity index is 0.937. The summed E-state index contributed by atoms with van der Waals surface area (Å²) < 4.78 is 2.32. The van der Waals surface area contributed by atoms with Gasteiger partial charge >= 0.3 is 0 Å². The molecular formula is C52H41N3. The van der Waals surface area contributed by atoms with Crippen molar-refractivity contribution >= 4 is 33.1 Å². The zero-order valence-corrected chi connectivity index (χ0v) is 30.5. The first-order valence-corrected chi connectivity index (χ1v) is 19.3. The molecule has 0 amide bonds. The fourth-order valence-corrected chi connectivity index (χ4v) is 9.08. The molecule has 55 heavy (non-hydrogen) atoms. The first-order chi connectivity index (χ1) is 27.2. The molecule has 2 aromatic heterocycles. The van der Waals surface area contributed by atoms with Gasteiger partial charge in [0.05, 0.1) is 11.0 Å². The van der Waals surface area contributed by atoms with Crippen molar-refractivity contribution in [3.63, 3.8) is 0 Å². The third-order valence-electron chi connectivity index (χ3n) is 11.6. The molecule has 0 saturated carbocycles. The van der Waals surface area contributed by atoms with Gasteiger partial charge in [-0.2, -0.15) is 0 Å². The van der Waals surface area contributed by atoms with Crippen molar-refractivity contribution < 1.29 is 0 Å². The molecule has 0 fully saturated rings. The molecule has 6 aromatic rings. The minimum absolute atomic E-state index is 0.246. The van der Waals surface area contributed by atoms with Crippen LogP contribution in [-0.4, -0.2) is 9.55 Å². The van der Waals surface area contributed by atoms with Crippen LogP contribution in [0.15, 0.2) is 212 Å². The Morgan fingerprint density at radius 1 is 0.727 bits per heavy atom. The molecule has 4 atom stereocenters. The van der Waals surface area contributed by atoms with E-state index in [-0.39, 0.29) is 11.8 Å². The molecule has 4 aliphatic carbocycles. The number of nitrogens with two attached hydrogens (primary N) is 1. The maximum absolute atomic E-state index is 6.80. The SMILES string of the molecule is N/C(=C\C=C/Cc1ccc2c(c1)c1cnccc1n2-c1ccccc1)c1cccc(C2=C3C=CC=CC3C(C3=CC4C=CC=CC4C=C3)c3ccccc32)c1. The predicted octanol–water partition coefficient (Wildman–Crippen LogP) is 11.8. The van der Waals surface area contributed by atoms with Gasteiger partial charge in [0.1, 0.15) is 0 Å². The molecule has 2 heterocycles. The van der Waals surface area contributed by atoms with Gasteiger partial charge in [-0.25, -0.2) is 0 Å². The van der Waals surface area contributed by atoms with E-state index < -0.39 is 0 Å². The lowest BCUT2D eigenvalue weighted by molar-refractivity contribution is 0.605. The van der Waals surface area contributed by atoms with Gasteiger partial charge in [-0.05, 0) is 93.4 Å². The molecule has 4 unspecified atom stereocenters. The molecule has 4 aliphatic rings. The van der Waals surface area contributed by atoms with Crippen molar-refractivity contribution in [3.8, 4) is 5.69 Å². The predicted molar refractivity (Wildman–Crippen MR) is 229 cm³/mol. The van der Waals surface area contributed by atoms with Crippen molar-refractivity contribution in [1.29, 1.82) is 0 Å². The van der Waals surface area contributed by atoms with Crippen LogP contribution < -0.4 is 5.73 Å². The van der Waals surface area contributed by atoms with Crippen molar-refractivity contribution in [2.45, 2.75) is 12.3 Å². The van der Waals surface area contributed by atoms with Gasteiger partial charge in [-0.1, -0.05) is 146 Å². The molecule has 3 heteroatoms. The van der Waals surface area contributed by atoms with Crippen LogP contribution in [-0.2, 0) is 6.42 Å². The molecule has 2 N–H and O–H groups in total. The van der Waals surface area contributed by atoms with Crippen molar-refractivity contribution in [3.05, 3.63) is 240 Å². The molecule has 0 spiro atoms. The average Bonchev–Trinajstić information content (AvgIpc) is 3.58. The van der Waals surface area contributed by atoms with Gasteiger partial charge in [-0.3, -0.25) is 4.98 Å². The summed E-state index contributed by atoms with van der Waals surface area (Å²) in [5.74, 6) is 1.35. The second-order valence-electron chi connectivity index (χ2n) is 14.9. The Bertz CT molecular complexity index is 2760. The highest BCUT2D eigenvalue weighted by molar-refractivity contribution is 6.09. The van der Waals surface area contributed by atoms with Gasteiger partial charge in [0.15, 0.2) is 0 Å². The number of para-hydroxylation sites is 1. The zero-order valence-electron chi connectivity index (χ0n) is 30.5. The fourth-order valence-electron chi connectivity index (χ4n) is 9.08. The van der Waals surface area contributed by atoms with Gasteiger partial charge in [-0.15, -0.1) is 0 Å². The van der Waals surface area contributed by atoms with Gasteiger partial charge in [0.2, 0.25) is 0 Å². The highest BCUT2D eigenvalue weighted by Gasteiger charge is 2.37. The highest BCUT2D eigenvalue weighted by atomic mass is 15.0. The number of pyridine rings is 1. The number of aromatic nitrogens is 2. The average molecular weight is 708 g/mol. The van der Waals surface area contributed by atoms with Crippen LogP contribution in [0.4, 0.5) is 0 Å². The van der Waals surface area contributed by atoms with Crippen LogP contribution in [0.2, 0.25) is 0 Å². The van der Waals surface area contributed by atoms with Gasteiger partial charge < -0.3 is 10.3 Å². The molecule has 0 saturated heterocycles. The quantitative estimate of drug-likeness (QED) is 0.168. The summed E-state index contributed by atoms with van der Waals surface area (Å²) in [6.07, 6.45) is 36.3. The number of allylic oxidation sites excluding steroid dienone is 16. The summed E-state index contributed by atoms with van der Waals surface area (Å²) >= 11 is 0. The first-order valence-electron chi connectivity index (χ1n) is 19.3. The number of benzene rings is 4. The van der Waals surface area contributed by atoms with E-state index in [1.54, 1.807) is 0 Å². The number of hydrogen-bond donors (Lipinski definition) is 1. The third kappa shape index (κ3) is 5.89. The van der Waals surface area contributed by atoms with E-state index in [9.17, 15) is 0 Å². The van der Waals surface area contributed by atoms with Gasteiger partial charge in [0.25, 0.3) is 0 Å². The molecule has 0 bridgehead atoms. The van der Waals surface area contributed by atoms with Crippen LogP contribution in [0, 0.1) is 17.8 Å². The van der Waals surface area contributed by atoms with E-state index in [2.05, 4.69) is 192 Å². The van der Waals surface area contributed by atoms with E-state index in [0.717, 1.165) is 34.3 Å². The maximum Gasteiger partial charge on any atom is 0.0571 e. The second-order valence-corrected chi connectivity index (χ2v) is 14.9. The maximum atomic E-state index is 6.80. The smallest absolute Gasteiger partial charge is 0.0571 e. The molecule has 10 rings (SSSR count). The standard InChI is InChI=1S/C52H41N3/c53-48(24-11-4-13-35-25-28-49-46(31-35)47-34-54-30-29-50(47)55(49)41-18-2-1-3-19-41)38-16-12-17-39(33-38)51-42-20-7-9-22-44(42)52(45-23-10-8-21-43(45)51)40-27-26-36-14-5-6-15-37(36)32-40/h1-12,14-34,36-37,44,52H,13,53H2/b11-4-,48-24-. The summed E-state index contributed by atoms with van der Waals surface area (Å²) in [4.78, 5) is 4.46. The molecule has 3 nitrogen and oxygen atoms in total. The Morgan fingerprint density at radius 3 is 2.49 bits per heavy atom. The van der Waals surface area contributed by atoms with Crippen molar-refractivity contribution in [2.75, 3.05) is 0 Å². The van der Waals surface area contributed by atoms with Crippen LogP contribution in [0.5, 0.6) is 0 Å². The molecular weight excluding hydrogens is 667 g/mol. The van der Waals surface area contributed by atoms with E-state index in [4.69, 9.17) is 5.73 Å². The molecule has 0 radical (unpaired) electrons. The molecule has 4 aromatic carbocycles. The number of nitrogens with zero attached hydrogens (tertiary/aromatic N) is 2. The summed E-state index contributed by atoms with van der Waals surface area (Å²) in [5.41, 5.74) is 21.2.